The Morgan fingerprint density at radius 1 is 1.06 bits per heavy atom. The minimum absolute atomic E-state index is 0.0244. The summed E-state index contributed by atoms with van der Waals surface area (Å²) in [4.78, 5) is 36.4. The summed E-state index contributed by atoms with van der Waals surface area (Å²) in [6.07, 6.45) is -0.811. The molecule has 0 bridgehead atoms. The Hall–Kier alpha value is -3.39. The molecule has 1 aliphatic heterocycles. The number of hydrogen-bond acceptors (Lipinski definition) is 5. The van der Waals surface area contributed by atoms with Crippen LogP contribution >= 0.6 is 0 Å². The standard InChI is InChI=1S/C27H32N2O6/c1-16(2)23(13-24(30)31)29-26(32)25-17(11-12-34-25)14-28-27(33)35-15-22-20-9-5-3-7-18(20)19-8-4-6-10-21(19)22/h3-10,16-17,22-23,25H,11-15H2,1-2H3,(H,28,33)(H,29,32)(H,30,31)/t17-,23?,25-/m1/s1. The van der Waals surface area contributed by atoms with E-state index in [0.29, 0.717) is 13.0 Å². The number of hydrogen-bond donors (Lipinski definition) is 3. The molecule has 2 aliphatic rings. The van der Waals surface area contributed by atoms with Crippen LogP contribution in [0.4, 0.5) is 4.79 Å². The molecule has 0 saturated carbocycles. The van der Waals surface area contributed by atoms with Gasteiger partial charge in [0, 0.05) is 31.0 Å². The Balaban J connectivity index is 1.30. The van der Waals surface area contributed by atoms with Crippen molar-refractivity contribution in [2.75, 3.05) is 19.8 Å². The maximum atomic E-state index is 12.8. The Kier molecular flexibility index (Phi) is 7.70. The van der Waals surface area contributed by atoms with Crippen molar-refractivity contribution in [3.05, 3.63) is 59.7 Å². The normalized spacial score (nSPS) is 19.6. The monoisotopic (exact) mass is 480 g/mol. The van der Waals surface area contributed by atoms with Gasteiger partial charge in [-0.15, -0.1) is 0 Å². The molecular formula is C27H32N2O6. The van der Waals surface area contributed by atoms with Gasteiger partial charge in [-0.2, -0.15) is 0 Å². The average Bonchev–Trinajstić information content (AvgIpc) is 3.43. The molecule has 1 unspecified atom stereocenters. The number of carbonyl (C=O) groups is 3. The molecule has 2 aromatic rings. The van der Waals surface area contributed by atoms with Gasteiger partial charge in [0.1, 0.15) is 12.7 Å². The zero-order valence-electron chi connectivity index (χ0n) is 20.0. The van der Waals surface area contributed by atoms with Gasteiger partial charge in [0.25, 0.3) is 0 Å². The summed E-state index contributed by atoms with van der Waals surface area (Å²) in [6, 6.07) is 15.8. The lowest BCUT2D eigenvalue weighted by molar-refractivity contribution is -0.138. The molecule has 0 aromatic heterocycles. The Morgan fingerprint density at radius 3 is 2.29 bits per heavy atom. The number of ether oxygens (including phenoxy) is 2. The van der Waals surface area contributed by atoms with Crippen molar-refractivity contribution in [3.63, 3.8) is 0 Å². The number of benzene rings is 2. The van der Waals surface area contributed by atoms with Gasteiger partial charge in [0.05, 0.1) is 6.42 Å². The molecule has 0 radical (unpaired) electrons. The minimum atomic E-state index is -0.968. The van der Waals surface area contributed by atoms with E-state index in [0.717, 1.165) is 22.3 Å². The van der Waals surface area contributed by atoms with Gasteiger partial charge in [-0.3, -0.25) is 9.59 Å². The van der Waals surface area contributed by atoms with Gasteiger partial charge in [0.2, 0.25) is 5.91 Å². The third kappa shape index (κ3) is 5.65. The maximum absolute atomic E-state index is 12.8. The number of carboxylic acids is 1. The lowest BCUT2D eigenvalue weighted by atomic mass is 9.97. The number of nitrogens with one attached hydrogen (secondary N) is 2. The Morgan fingerprint density at radius 2 is 1.69 bits per heavy atom. The van der Waals surface area contributed by atoms with Crippen LogP contribution in [0.3, 0.4) is 0 Å². The number of rotatable bonds is 9. The van der Waals surface area contributed by atoms with Crippen LogP contribution < -0.4 is 10.6 Å². The van der Waals surface area contributed by atoms with E-state index in [9.17, 15) is 14.4 Å². The Bertz CT molecular complexity index is 1040. The predicted molar refractivity (Wildman–Crippen MR) is 130 cm³/mol. The second-order valence-electron chi connectivity index (χ2n) is 9.50. The molecular weight excluding hydrogens is 448 g/mol. The summed E-state index contributed by atoms with van der Waals surface area (Å²) in [6.45, 7) is 4.58. The minimum Gasteiger partial charge on any atom is -0.481 e. The quantitative estimate of drug-likeness (QED) is 0.506. The van der Waals surface area contributed by atoms with Crippen LogP contribution in [-0.4, -0.2) is 55.0 Å². The van der Waals surface area contributed by atoms with Crippen LogP contribution in [-0.2, 0) is 19.1 Å². The first kappa shape index (κ1) is 24.7. The predicted octanol–water partition coefficient (Wildman–Crippen LogP) is 3.55. The van der Waals surface area contributed by atoms with E-state index < -0.39 is 24.2 Å². The first-order valence-corrected chi connectivity index (χ1v) is 12.1. The van der Waals surface area contributed by atoms with Gasteiger partial charge >= 0.3 is 12.1 Å². The van der Waals surface area contributed by atoms with Gasteiger partial charge < -0.3 is 25.2 Å². The molecule has 3 atom stereocenters. The summed E-state index contributed by atoms with van der Waals surface area (Å²) >= 11 is 0. The van der Waals surface area contributed by atoms with Crippen molar-refractivity contribution in [1.82, 2.24) is 10.6 Å². The highest BCUT2D eigenvalue weighted by molar-refractivity contribution is 5.82. The summed E-state index contributed by atoms with van der Waals surface area (Å²) < 4.78 is 11.2. The number of fused-ring (bicyclic) bond motifs is 3. The second-order valence-corrected chi connectivity index (χ2v) is 9.50. The van der Waals surface area contributed by atoms with Crippen LogP contribution in [0.25, 0.3) is 11.1 Å². The molecule has 2 amide bonds. The second kappa shape index (κ2) is 10.9. The van der Waals surface area contributed by atoms with Crippen molar-refractivity contribution < 1.29 is 29.0 Å². The fourth-order valence-electron chi connectivity index (χ4n) is 4.90. The largest absolute Gasteiger partial charge is 0.481 e. The van der Waals surface area contributed by atoms with Crippen LogP contribution in [0.2, 0.25) is 0 Å². The third-order valence-corrected chi connectivity index (χ3v) is 6.85. The SMILES string of the molecule is CC(C)C(CC(=O)O)NC(=O)[C@@H]1OCC[C@@H]1CNC(=O)OCC1c2ccccc2-c2ccccc21. The molecule has 1 fully saturated rings. The fraction of sp³-hybridized carbons (Fsp3) is 0.444. The Labute approximate surface area is 205 Å². The van der Waals surface area contributed by atoms with Crippen LogP contribution in [0.5, 0.6) is 0 Å². The van der Waals surface area contributed by atoms with E-state index in [1.54, 1.807) is 0 Å². The van der Waals surface area contributed by atoms with Gasteiger partial charge in [-0.25, -0.2) is 4.79 Å². The van der Waals surface area contributed by atoms with E-state index in [1.807, 2.05) is 38.1 Å². The molecule has 8 nitrogen and oxygen atoms in total. The average molecular weight is 481 g/mol. The summed E-state index contributed by atoms with van der Waals surface area (Å²) in [7, 11) is 0. The summed E-state index contributed by atoms with van der Waals surface area (Å²) in [5.74, 6) is -1.59. The lowest BCUT2D eigenvalue weighted by Gasteiger charge is -2.24. The molecule has 1 saturated heterocycles. The highest BCUT2D eigenvalue weighted by Crippen LogP contribution is 2.44. The number of amides is 2. The van der Waals surface area contributed by atoms with Crippen molar-refractivity contribution >= 4 is 18.0 Å². The molecule has 1 heterocycles. The molecule has 4 rings (SSSR count). The molecule has 186 valence electrons. The number of carboxylic acid groups (broad SMARTS) is 1. The fourth-order valence-corrected chi connectivity index (χ4v) is 4.90. The zero-order chi connectivity index (χ0) is 24.9. The van der Waals surface area contributed by atoms with Crippen molar-refractivity contribution in [2.24, 2.45) is 11.8 Å². The van der Waals surface area contributed by atoms with Gasteiger partial charge in [-0.05, 0) is 34.6 Å². The van der Waals surface area contributed by atoms with E-state index in [4.69, 9.17) is 14.6 Å². The van der Waals surface area contributed by atoms with E-state index in [2.05, 4.69) is 34.9 Å². The maximum Gasteiger partial charge on any atom is 0.407 e. The van der Waals surface area contributed by atoms with E-state index >= 15 is 0 Å². The van der Waals surface area contributed by atoms with Gasteiger partial charge in [0.15, 0.2) is 0 Å². The smallest absolute Gasteiger partial charge is 0.407 e. The zero-order valence-corrected chi connectivity index (χ0v) is 20.0. The van der Waals surface area contributed by atoms with Crippen LogP contribution in [0.15, 0.2) is 48.5 Å². The van der Waals surface area contributed by atoms with Crippen molar-refractivity contribution in [2.45, 2.75) is 44.8 Å². The summed E-state index contributed by atoms with van der Waals surface area (Å²) in [5.41, 5.74) is 4.61. The lowest BCUT2D eigenvalue weighted by Crippen LogP contribution is -2.48. The first-order chi connectivity index (χ1) is 16.8. The topological polar surface area (TPSA) is 114 Å². The van der Waals surface area contributed by atoms with E-state index in [1.165, 1.54) is 0 Å². The van der Waals surface area contributed by atoms with Gasteiger partial charge in [-0.1, -0.05) is 62.4 Å². The molecule has 0 spiro atoms. The molecule has 8 heteroatoms. The molecule has 1 aliphatic carbocycles. The number of aliphatic carboxylic acids is 1. The van der Waals surface area contributed by atoms with E-state index in [-0.39, 0.29) is 43.2 Å². The van der Waals surface area contributed by atoms with Crippen molar-refractivity contribution in [1.29, 1.82) is 0 Å². The number of alkyl carbamates (subject to hydrolysis) is 1. The molecule has 3 N–H and O–H groups in total. The number of carbonyl (C=O) groups excluding carboxylic acids is 2. The van der Waals surface area contributed by atoms with Crippen LogP contribution in [0, 0.1) is 11.8 Å². The highest BCUT2D eigenvalue weighted by atomic mass is 16.5. The third-order valence-electron chi connectivity index (χ3n) is 6.85. The summed E-state index contributed by atoms with van der Waals surface area (Å²) in [5, 5.41) is 14.7. The van der Waals surface area contributed by atoms with Crippen LogP contribution in [0.1, 0.15) is 43.7 Å². The first-order valence-electron chi connectivity index (χ1n) is 12.1. The molecule has 2 aromatic carbocycles. The van der Waals surface area contributed by atoms with Crippen molar-refractivity contribution in [3.8, 4) is 11.1 Å². The highest BCUT2D eigenvalue weighted by Gasteiger charge is 2.36. The molecule has 35 heavy (non-hydrogen) atoms.